The average Bonchev–Trinajstić information content (AvgIpc) is 3.39. The number of nitrogen functional groups attached to an aromatic ring is 1. The fourth-order valence-electron chi connectivity index (χ4n) is 7.52. The fraction of sp³-hybridized carbons (Fsp3) is 0.567. The standard InChI is InChI=1S/C30H39N5O3S/c1-17-13-29(5,6)35(16-17)26-20(27(36)34-39(37,38)24-9-7-8-23(31)32-24)12-19(25(33-26)28(2,3)4)21-15-30-14-18(30)10-11-22(21)30/h7-9,12,15,17-18,22H,10-11,13-14,16H2,1-6H3,(H2,31,32)(H,34,36)/t17-,18?,22?,30?/m0/s1. The Morgan fingerprint density at radius 1 is 1.15 bits per heavy atom. The minimum absolute atomic E-state index is 0.0677. The molecule has 3 unspecified atom stereocenters. The second-order valence-corrected chi connectivity index (χ2v) is 15.4. The summed E-state index contributed by atoms with van der Waals surface area (Å²) in [6.45, 7) is 13.7. The lowest BCUT2D eigenvalue weighted by atomic mass is 9.68. The number of nitrogens with zero attached hydrogens (tertiary/aromatic N) is 3. The molecule has 2 aromatic heterocycles. The largest absolute Gasteiger partial charge is 0.384 e. The van der Waals surface area contributed by atoms with Crippen molar-refractivity contribution in [3.8, 4) is 0 Å². The van der Waals surface area contributed by atoms with E-state index in [9.17, 15) is 13.2 Å². The Morgan fingerprint density at radius 3 is 2.49 bits per heavy atom. The Balaban J connectivity index is 1.49. The zero-order chi connectivity index (χ0) is 28.1. The maximum Gasteiger partial charge on any atom is 0.281 e. The van der Waals surface area contributed by atoms with Crippen molar-refractivity contribution in [1.29, 1.82) is 0 Å². The lowest BCUT2D eigenvalue weighted by Crippen LogP contribution is -2.42. The number of amides is 1. The first kappa shape index (κ1) is 26.3. The van der Waals surface area contributed by atoms with E-state index in [1.807, 2.05) is 6.07 Å². The van der Waals surface area contributed by atoms with Gasteiger partial charge < -0.3 is 10.6 Å². The number of hydrogen-bond donors (Lipinski definition) is 2. The first-order valence-electron chi connectivity index (χ1n) is 14.0. The molecule has 3 heterocycles. The SMILES string of the molecule is C[C@@H]1CN(c2nc(C(C)(C)C)c(C3=CC45CC4CCC35)cc2C(=O)NS(=O)(=O)c2cccc(N)n2)C(C)(C)C1. The number of allylic oxidation sites excluding steroid dienone is 2. The molecule has 39 heavy (non-hydrogen) atoms. The van der Waals surface area contributed by atoms with Gasteiger partial charge in [-0.15, -0.1) is 0 Å². The molecule has 6 rings (SSSR count). The van der Waals surface area contributed by atoms with Crippen LogP contribution in [0, 0.1) is 23.2 Å². The summed E-state index contributed by atoms with van der Waals surface area (Å²) in [6.07, 6.45) is 7.04. The molecule has 0 radical (unpaired) electrons. The van der Waals surface area contributed by atoms with Crippen LogP contribution < -0.4 is 15.4 Å². The van der Waals surface area contributed by atoms with E-state index in [2.05, 4.69) is 62.2 Å². The van der Waals surface area contributed by atoms with Crippen molar-refractivity contribution in [3.63, 3.8) is 0 Å². The number of sulfonamides is 1. The molecule has 1 aliphatic heterocycles. The molecule has 2 saturated carbocycles. The Bertz CT molecular complexity index is 1520. The van der Waals surface area contributed by atoms with Crippen LogP contribution in [-0.4, -0.2) is 36.4 Å². The molecule has 0 bridgehead atoms. The highest BCUT2D eigenvalue weighted by Gasteiger charge is 2.67. The minimum atomic E-state index is -4.24. The summed E-state index contributed by atoms with van der Waals surface area (Å²) < 4.78 is 28.7. The lowest BCUT2D eigenvalue weighted by molar-refractivity contribution is 0.0981. The van der Waals surface area contributed by atoms with E-state index in [1.165, 1.54) is 36.6 Å². The lowest BCUT2D eigenvalue weighted by Gasteiger charge is -2.39. The van der Waals surface area contributed by atoms with E-state index in [1.54, 1.807) is 0 Å². The van der Waals surface area contributed by atoms with Crippen molar-refractivity contribution < 1.29 is 13.2 Å². The Hall–Kier alpha value is -2.94. The summed E-state index contributed by atoms with van der Waals surface area (Å²) in [7, 11) is -4.24. The maximum atomic E-state index is 13.9. The molecule has 208 valence electrons. The Kier molecular flexibility index (Phi) is 5.59. The molecular weight excluding hydrogens is 510 g/mol. The first-order valence-corrected chi connectivity index (χ1v) is 15.5. The average molecular weight is 550 g/mol. The highest BCUT2D eigenvalue weighted by Crippen LogP contribution is 2.76. The van der Waals surface area contributed by atoms with Crippen LogP contribution in [-0.2, 0) is 15.4 Å². The molecule has 3 N–H and O–H groups in total. The van der Waals surface area contributed by atoms with Crippen LogP contribution in [0.2, 0.25) is 0 Å². The van der Waals surface area contributed by atoms with E-state index in [0.29, 0.717) is 23.1 Å². The molecule has 4 atom stereocenters. The minimum Gasteiger partial charge on any atom is -0.384 e. The molecule has 3 fully saturated rings. The first-order chi connectivity index (χ1) is 18.1. The molecule has 9 heteroatoms. The summed E-state index contributed by atoms with van der Waals surface area (Å²) in [5, 5.41) is -0.290. The van der Waals surface area contributed by atoms with E-state index < -0.39 is 15.9 Å². The number of aromatic nitrogens is 2. The van der Waals surface area contributed by atoms with Crippen molar-refractivity contribution in [2.45, 2.75) is 83.2 Å². The van der Waals surface area contributed by atoms with Crippen molar-refractivity contribution in [1.82, 2.24) is 14.7 Å². The molecule has 8 nitrogen and oxygen atoms in total. The van der Waals surface area contributed by atoms with Crippen LogP contribution in [0.15, 0.2) is 35.4 Å². The quantitative estimate of drug-likeness (QED) is 0.544. The smallest absolute Gasteiger partial charge is 0.281 e. The van der Waals surface area contributed by atoms with Crippen molar-refractivity contribution >= 4 is 33.1 Å². The Labute approximate surface area is 231 Å². The normalized spacial score (nSPS) is 28.8. The number of carbonyl (C=O) groups excluding carboxylic acids is 1. The third-order valence-electron chi connectivity index (χ3n) is 9.30. The summed E-state index contributed by atoms with van der Waals surface area (Å²) in [5.41, 5.74) is 9.04. The van der Waals surface area contributed by atoms with Gasteiger partial charge in [0.25, 0.3) is 15.9 Å². The third kappa shape index (κ3) is 4.15. The molecule has 2 aromatic rings. The summed E-state index contributed by atoms with van der Waals surface area (Å²) in [5.74, 6) is 1.60. The van der Waals surface area contributed by atoms with Gasteiger partial charge in [-0.25, -0.2) is 14.7 Å². The van der Waals surface area contributed by atoms with Crippen LogP contribution in [0.1, 0.15) is 88.8 Å². The summed E-state index contributed by atoms with van der Waals surface area (Å²) in [4.78, 5) is 25.2. The van der Waals surface area contributed by atoms with Gasteiger partial charge in [-0.2, -0.15) is 8.42 Å². The van der Waals surface area contributed by atoms with Crippen LogP contribution in [0.5, 0.6) is 0 Å². The molecular formula is C30H39N5O3S. The van der Waals surface area contributed by atoms with Gasteiger partial charge in [0.1, 0.15) is 11.6 Å². The molecule has 1 spiro atoms. The number of pyridine rings is 2. The molecule has 3 aliphatic carbocycles. The van der Waals surface area contributed by atoms with Gasteiger partial charge in [0.15, 0.2) is 5.03 Å². The second-order valence-electron chi connectivity index (χ2n) is 13.8. The van der Waals surface area contributed by atoms with E-state index >= 15 is 0 Å². The van der Waals surface area contributed by atoms with E-state index in [-0.39, 0.29) is 27.4 Å². The topological polar surface area (TPSA) is 118 Å². The molecule has 0 aromatic carbocycles. The highest BCUT2D eigenvalue weighted by atomic mass is 32.2. The zero-order valence-corrected chi connectivity index (χ0v) is 24.5. The molecule has 1 saturated heterocycles. The number of anilines is 2. The van der Waals surface area contributed by atoms with Gasteiger partial charge in [0.2, 0.25) is 0 Å². The second kappa shape index (κ2) is 8.29. The summed E-state index contributed by atoms with van der Waals surface area (Å²) >= 11 is 0. The fourth-order valence-corrected chi connectivity index (χ4v) is 8.46. The predicted octanol–water partition coefficient (Wildman–Crippen LogP) is 4.91. The van der Waals surface area contributed by atoms with E-state index in [0.717, 1.165) is 36.6 Å². The third-order valence-corrected chi connectivity index (χ3v) is 10.5. The van der Waals surface area contributed by atoms with Crippen LogP contribution >= 0.6 is 0 Å². The van der Waals surface area contributed by atoms with Crippen molar-refractivity contribution in [2.24, 2.45) is 23.2 Å². The van der Waals surface area contributed by atoms with Gasteiger partial charge in [-0.3, -0.25) is 4.79 Å². The maximum absolute atomic E-state index is 13.9. The van der Waals surface area contributed by atoms with Gasteiger partial charge in [-0.05, 0) is 86.5 Å². The van der Waals surface area contributed by atoms with Crippen LogP contribution in [0.3, 0.4) is 0 Å². The van der Waals surface area contributed by atoms with Gasteiger partial charge >= 0.3 is 0 Å². The number of nitrogens with two attached hydrogens (primary N) is 1. The van der Waals surface area contributed by atoms with E-state index in [4.69, 9.17) is 10.7 Å². The number of hydrogen-bond acceptors (Lipinski definition) is 7. The van der Waals surface area contributed by atoms with Gasteiger partial charge in [-0.1, -0.05) is 39.8 Å². The van der Waals surface area contributed by atoms with Gasteiger partial charge in [0, 0.05) is 23.1 Å². The molecule has 4 aliphatic rings. The van der Waals surface area contributed by atoms with Gasteiger partial charge in [0.05, 0.1) is 11.3 Å². The zero-order valence-electron chi connectivity index (χ0n) is 23.7. The number of rotatable bonds is 5. The predicted molar refractivity (Wildman–Crippen MR) is 153 cm³/mol. The monoisotopic (exact) mass is 549 g/mol. The highest BCUT2D eigenvalue weighted by molar-refractivity contribution is 7.90. The number of carbonyl (C=O) groups is 1. The van der Waals surface area contributed by atoms with Crippen LogP contribution in [0.4, 0.5) is 11.6 Å². The van der Waals surface area contributed by atoms with Crippen molar-refractivity contribution in [2.75, 3.05) is 17.2 Å². The van der Waals surface area contributed by atoms with Crippen molar-refractivity contribution in [3.05, 3.63) is 47.2 Å². The van der Waals surface area contributed by atoms with Crippen LogP contribution in [0.25, 0.3) is 5.57 Å². The molecule has 1 amide bonds. The number of nitrogens with one attached hydrogen (secondary N) is 1. The Morgan fingerprint density at radius 2 is 1.90 bits per heavy atom. The summed E-state index contributed by atoms with van der Waals surface area (Å²) in [6, 6.07) is 6.25.